The van der Waals surface area contributed by atoms with Gasteiger partial charge in [-0.25, -0.2) is 9.79 Å². The van der Waals surface area contributed by atoms with Gasteiger partial charge in [0.15, 0.2) is 5.78 Å². The number of aliphatic imine (C=N–C) groups is 1. The van der Waals surface area contributed by atoms with E-state index >= 15 is 0 Å². The van der Waals surface area contributed by atoms with E-state index in [9.17, 15) is 14.4 Å². The molecule has 0 bridgehead atoms. The first kappa shape index (κ1) is 22.0. The lowest BCUT2D eigenvalue weighted by Gasteiger charge is -2.11. The average Bonchev–Trinajstić information content (AvgIpc) is 2.71. The van der Waals surface area contributed by atoms with Crippen LogP contribution in [0, 0.1) is 5.92 Å². The summed E-state index contributed by atoms with van der Waals surface area (Å²) in [7, 11) is 0. The summed E-state index contributed by atoms with van der Waals surface area (Å²) in [6.07, 6.45) is 6.31. The molecular formula is C23H26N2O4. The number of carbonyl (C=O) groups is 2. The highest BCUT2D eigenvalue weighted by Gasteiger charge is 2.15. The van der Waals surface area contributed by atoms with Gasteiger partial charge < -0.3 is 9.67 Å². The molecule has 0 aliphatic heterocycles. The van der Waals surface area contributed by atoms with Crippen LogP contribution >= 0.6 is 0 Å². The first-order valence-corrected chi connectivity index (χ1v) is 9.65. The Morgan fingerprint density at radius 1 is 1.14 bits per heavy atom. The Labute approximate surface area is 170 Å². The zero-order chi connectivity index (χ0) is 21.2. The van der Waals surface area contributed by atoms with E-state index in [0.29, 0.717) is 19.4 Å². The molecule has 1 heterocycles. The number of allylic oxidation sites excluding steroid dienone is 1. The molecule has 1 aromatic carbocycles. The van der Waals surface area contributed by atoms with Gasteiger partial charge in [0, 0.05) is 18.2 Å². The molecule has 152 valence electrons. The van der Waals surface area contributed by atoms with E-state index in [2.05, 4.69) is 4.99 Å². The monoisotopic (exact) mass is 394 g/mol. The lowest BCUT2D eigenvalue weighted by Crippen LogP contribution is -2.18. The van der Waals surface area contributed by atoms with Crippen LogP contribution in [0.15, 0.2) is 70.2 Å². The third-order valence-electron chi connectivity index (χ3n) is 4.77. The molecule has 6 nitrogen and oxygen atoms in total. The van der Waals surface area contributed by atoms with Crippen molar-refractivity contribution >= 4 is 18.0 Å². The number of aliphatic carboxylic acids is 1. The number of carboxylic acid groups (broad SMARTS) is 1. The summed E-state index contributed by atoms with van der Waals surface area (Å²) < 4.78 is 1.65. The van der Waals surface area contributed by atoms with Crippen LogP contribution in [0.1, 0.15) is 37.8 Å². The number of hydrogen-bond donors (Lipinski definition) is 1. The Morgan fingerprint density at radius 3 is 2.41 bits per heavy atom. The summed E-state index contributed by atoms with van der Waals surface area (Å²) in [4.78, 5) is 38.9. The molecule has 6 heteroatoms. The molecule has 29 heavy (non-hydrogen) atoms. The largest absolute Gasteiger partial charge is 0.477 e. The van der Waals surface area contributed by atoms with Crippen LogP contribution in [-0.2, 0) is 22.6 Å². The molecule has 0 fully saturated rings. The SMILES string of the molecule is C/C=C(\N=CC(=O)C(CC)CCc1ccc(Cn2ccccc2=O)cc1)C(=O)O. The molecule has 1 N–H and O–H groups in total. The van der Waals surface area contributed by atoms with E-state index < -0.39 is 5.97 Å². The Kier molecular flexibility index (Phi) is 8.27. The van der Waals surface area contributed by atoms with Gasteiger partial charge in [-0.2, -0.15) is 0 Å². The van der Waals surface area contributed by atoms with Crippen molar-refractivity contribution in [1.29, 1.82) is 0 Å². The van der Waals surface area contributed by atoms with E-state index in [4.69, 9.17) is 5.11 Å². The highest BCUT2D eigenvalue weighted by atomic mass is 16.4. The fourth-order valence-corrected chi connectivity index (χ4v) is 2.98. The Hall–Kier alpha value is -3.28. The molecule has 0 radical (unpaired) electrons. The van der Waals surface area contributed by atoms with Crippen LogP contribution < -0.4 is 5.56 Å². The number of nitrogens with zero attached hydrogens (tertiary/aromatic N) is 2. The van der Waals surface area contributed by atoms with Crippen molar-refractivity contribution < 1.29 is 14.7 Å². The molecule has 0 saturated carbocycles. The van der Waals surface area contributed by atoms with Gasteiger partial charge in [0.05, 0.1) is 12.8 Å². The highest BCUT2D eigenvalue weighted by molar-refractivity contribution is 6.29. The normalized spacial score (nSPS) is 12.8. The number of Topliss-reactive ketones (excluding diaryl/α,β-unsaturated/α-hetero) is 1. The number of ketones is 1. The van der Waals surface area contributed by atoms with Gasteiger partial charge in [-0.15, -0.1) is 0 Å². The summed E-state index contributed by atoms with van der Waals surface area (Å²) in [6, 6.07) is 13.1. The third kappa shape index (κ3) is 6.68. The third-order valence-corrected chi connectivity index (χ3v) is 4.77. The van der Waals surface area contributed by atoms with Crippen molar-refractivity contribution in [3.8, 4) is 0 Å². The summed E-state index contributed by atoms with van der Waals surface area (Å²) in [5.41, 5.74) is 1.97. The van der Waals surface area contributed by atoms with Crippen molar-refractivity contribution in [2.75, 3.05) is 0 Å². The van der Waals surface area contributed by atoms with Crippen molar-refractivity contribution in [2.24, 2.45) is 10.9 Å². The van der Waals surface area contributed by atoms with Gasteiger partial charge in [-0.3, -0.25) is 9.59 Å². The maximum atomic E-state index is 12.3. The summed E-state index contributed by atoms with van der Waals surface area (Å²) in [5.74, 6) is -1.51. The predicted octanol–water partition coefficient (Wildman–Crippen LogP) is 3.48. The van der Waals surface area contributed by atoms with Crippen LogP contribution in [0.2, 0.25) is 0 Å². The van der Waals surface area contributed by atoms with Crippen molar-refractivity contribution in [3.05, 3.63) is 81.9 Å². The van der Waals surface area contributed by atoms with E-state index in [1.807, 2.05) is 37.3 Å². The predicted molar refractivity (Wildman–Crippen MR) is 113 cm³/mol. The van der Waals surface area contributed by atoms with Gasteiger partial charge in [-0.1, -0.05) is 43.3 Å². The minimum absolute atomic E-state index is 0.0356. The first-order valence-electron chi connectivity index (χ1n) is 9.65. The van der Waals surface area contributed by atoms with Gasteiger partial charge in [0.25, 0.3) is 5.56 Å². The second kappa shape index (κ2) is 10.9. The lowest BCUT2D eigenvalue weighted by atomic mass is 9.93. The quantitative estimate of drug-likeness (QED) is 0.493. The van der Waals surface area contributed by atoms with Gasteiger partial charge in [0.2, 0.25) is 0 Å². The second-order valence-corrected chi connectivity index (χ2v) is 6.77. The molecule has 0 saturated heterocycles. The maximum Gasteiger partial charge on any atom is 0.354 e. The molecule has 1 unspecified atom stereocenters. The molecule has 0 amide bonds. The average molecular weight is 394 g/mol. The fourth-order valence-electron chi connectivity index (χ4n) is 2.98. The van der Waals surface area contributed by atoms with Crippen LogP contribution in [-0.4, -0.2) is 27.6 Å². The Balaban J connectivity index is 1.94. The first-order chi connectivity index (χ1) is 13.9. The number of rotatable bonds is 10. The topological polar surface area (TPSA) is 88.7 Å². The molecule has 1 atom stereocenters. The Bertz CT molecular complexity index is 955. The van der Waals surface area contributed by atoms with E-state index in [-0.39, 0.29) is 23.0 Å². The molecular weight excluding hydrogens is 368 g/mol. The molecule has 2 aromatic rings. The number of benzene rings is 1. The highest BCUT2D eigenvalue weighted by Crippen LogP contribution is 2.15. The second-order valence-electron chi connectivity index (χ2n) is 6.77. The number of hydrogen-bond acceptors (Lipinski definition) is 4. The molecule has 2 rings (SSSR count). The maximum absolute atomic E-state index is 12.3. The molecule has 0 spiro atoms. The molecule has 0 aliphatic carbocycles. The minimum atomic E-state index is -1.15. The van der Waals surface area contributed by atoms with Crippen LogP contribution in [0.5, 0.6) is 0 Å². The van der Waals surface area contributed by atoms with E-state index in [0.717, 1.165) is 23.8 Å². The summed E-state index contributed by atoms with van der Waals surface area (Å²) in [5, 5.41) is 8.95. The van der Waals surface area contributed by atoms with Crippen molar-refractivity contribution in [2.45, 2.75) is 39.7 Å². The summed E-state index contributed by atoms with van der Waals surface area (Å²) in [6.45, 7) is 4.02. The zero-order valence-electron chi connectivity index (χ0n) is 16.7. The van der Waals surface area contributed by atoms with E-state index in [1.54, 1.807) is 23.8 Å². The Morgan fingerprint density at radius 2 is 1.83 bits per heavy atom. The number of aryl methyl sites for hydroxylation is 1. The van der Waals surface area contributed by atoms with Crippen LogP contribution in [0.3, 0.4) is 0 Å². The number of aromatic nitrogens is 1. The smallest absolute Gasteiger partial charge is 0.354 e. The molecule has 0 aliphatic rings. The molecule has 1 aromatic heterocycles. The van der Waals surface area contributed by atoms with Gasteiger partial charge in [0.1, 0.15) is 5.70 Å². The van der Waals surface area contributed by atoms with Crippen molar-refractivity contribution in [3.63, 3.8) is 0 Å². The minimum Gasteiger partial charge on any atom is -0.477 e. The van der Waals surface area contributed by atoms with Crippen LogP contribution in [0.25, 0.3) is 0 Å². The number of pyridine rings is 1. The fraction of sp³-hybridized carbons (Fsp3) is 0.304. The van der Waals surface area contributed by atoms with Crippen molar-refractivity contribution in [1.82, 2.24) is 4.57 Å². The number of carbonyl (C=O) groups excluding carboxylic acids is 1. The van der Waals surface area contributed by atoms with Gasteiger partial charge in [-0.05, 0) is 43.4 Å². The number of carboxylic acids is 1. The van der Waals surface area contributed by atoms with E-state index in [1.165, 1.54) is 12.1 Å². The van der Waals surface area contributed by atoms with Gasteiger partial charge >= 0.3 is 5.97 Å². The lowest BCUT2D eigenvalue weighted by molar-refractivity contribution is -0.132. The summed E-state index contributed by atoms with van der Waals surface area (Å²) >= 11 is 0. The standard InChI is InChI=1S/C23H26N2O4/c1-3-19(21(26)15-24-20(4-2)23(28)29)13-12-17-8-10-18(11-9-17)16-25-14-6-5-7-22(25)27/h4-11,14-15,19H,3,12-13,16H2,1-2H3,(H,28,29)/b20-4-,24-15?. The van der Waals surface area contributed by atoms with Crippen LogP contribution in [0.4, 0.5) is 0 Å². The zero-order valence-corrected chi connectivity index (χ0v) is 16.7.